The number of fused-ring (bicyclic) bond motifs is 2. The molecule has 8 nitrogen and oxygen atoms in total. The Balaban J connectivity index is 1.27. The van der Waals surface area contributed by atoms with E-state index in [-0.39, 0.29) is 5.91 Å². The monoisotopic (exact) mass is 525 g/mol. The molecule has 0 bridgehead atoms. The zero-order valence-electron chi connectivity index (χ0n) is 22.7. The minimum Gasteiger partial charge on any atom is -0.494 e. The van der Waals surface area contributed by atoms with Crippen molar-refractivity contribution in [1.29, 1.82) is 0 Å². The quantitative estimate of drug-likeness (QED) is 0.355. The van der Waals surface area contributed by atoms with Gasteiger partial charge in [-0.25, -0.2) is 9.97 Å². The van der Waals surface area contributed by atoms with Gasteiger partial charge in [0.2, 0.25) is 0 Å². The van der Waals surface area contributed by atoms with Gasteiger partial charge in [-0.1, -0.05) is 0 Å². The van der Waals surface area contributed by atoms with Gasteiger partial charge in [-0.05, 0) is 86.6 Å². The van der Waals surface area contributed by atoms with Crippen LogP contribution in [0.15, 0.2) is 36.5 Å². The lowest BCUT2D eigenvalue weighted by Crippen LogP contribution is -2.53. The Labute approximate surface area is 227 Å². The summed E-state index contributed by atoms with van der Waals surface area (Å²) in [5, 5.41) is 1.10. The lowest BCUT2D eigenvalue weighted by Gasteiger charge is -2.52. The molecule has 1 unspecified atom stereocenters. The van der Waals surface area contributed by atoms with E-state index in [2.05, 4.69) is 38.1 Å². The van der Waals surface area contributed by atoms with E-state index in [0.29, 0.717) is 29.2 Å². The number of nitrogens with zero attached hydrogens (tertiary/aromatic N) is 5. The van der Waals surface area contributed by atoms with Crippen molar-refractivity contribution in [3.8, 4) is 17.3 Å². The molecule has 2 aliphatic carbocycles. The highest BCUT2D eigenvalue weighted by Gasteiger charge is 2.61. The molecular formula is C31H35N5O3. The highest BCUT2D eigenvalue weighted by molar-refractivity contribution is 6.00. The van der Waals surface area contributed by atoms with Crippen LogP contribution in [0.4, 0.5) is 0 Å². The molecule has 4 fully saturated rings. The van der Waals surface area contributed by atoms with Crippen LogP contribution < -0.4 is 4.74 Å². The molecule has 4 atom stereocenters. The number of amides is 1. The molecule has 1 aromatic carbocycles. The fourth-order valence-corrected chi connectivity index (χ4v) is 8.03. The standard InChI is InChI=1S/C31H35N5O3/c1-3-34-25(13-19-5-4-8-32-29(19)34)30-33-23-12-21(31(37)35-17-22-11-20-14-24(35)27(20)22)15-26(38-2)28(23)36(30)16-18-6-9-39-10-7-18/h4-5,8,12-13,15,18,20,22,24,27H,3,6-7,9-11,14,16-17H2,1-2H3/t20?,22-,24-,27-/m1/s1. The largest absolute Gasteiger partial charge is 0.494 e. The molecule has 4 aromatic rings. The van der Waals surface area contributed by atoms with Gasteiger partial charge in [0.15, 0.2) is 5.82 Å². The highest BCUT2D eigenvalue weighted by Crippen LogP contribution is 2.60. The molecule has 5 heterocycles. The highest BCUT2D eigenvalue weighted by atomic mass is 16.5. The van der Waals surface area contributed by atoms with Gasteiger partial charge in [-0.3, -0.25) is 4.79 Å². The molecule has 39 heavy (non-hydrogen) atoms. The van der Waals surface area contributed by atoms with Crippen LogP contribution in [-0.2, 0) is 17.8 Å². The maximum absolute atomic E-state index is 13.8. The van der Waals surface area contributed by atoms with Crippen LogP contribution in [0.3, 0.4) is 0 Å². The number of benzene rings is 1. The Kier molecular flexibility index (Phi) is 5.31. The molecule has 0 radical (unpaired) electrons. The number of hydrogen-bond donors (Lipinski definition) is 0. The van der Waals surface area contributed by atoms with Gasteiger partial charge in [0, 0.05) is 56.0 Å². The molecule has 2 saturated heterocycles. The third-order valence-electron chi connectivity index (χ3n) is 10.0. The first-order valence-corrected chi connectivity index (χ1v) is 14.6. The second-order valence-corrected chi connectivity index (χ2v) is 11.9. The number of imidazole rings is 1. The van der Waals surface area contributed by atoms with Crippen LogP contribution in [0.2, 0.25) is 0 Å². The lowest BCUT2D eigenvalue weighted by atomic mass is 9.53. The minimum absolute atomic E-state index is 0.125. The number of methoxy groups -OCH3 is 1. The summed E-state index contributed by atoms with van der Waals surface area (Å²) in [4.78, 5) is 25.9. The van der Waals surface area contributed by atoms with Crippen molar-refractivity contribution in [2.75, 3.05) is 26.9 Å². The second kappa shape index (κ2) is 8.81. The van der Waals surface area contributed by atoms with Crippen LogP contribution in [-0.4, -0.2) is 62.8 Å². The fourth-order valence-electron chi connectivity index (χ4n) is 8.03. The maximum atomic E-state index is 13.8. The van der Waals surface area contributed by atoms with Crippen molar-refractivity contribution in [3.63, 3.8) is 0 Å². The summed E-state index contributed by atoms with van der Waals surface area (Å²) in [7, 11) is 1.70. The van der Waals surface area contributed by atoms with Gasteiger partial charge in [0.1, 0.15) is 16.9 Å². The molecule has 4 aliphatic rings. The zero-order chi connectivity index (χ0) is 26.2. The first-order chi connectivity index (χ1) is 19.1. The van der Waals surface area contributed by atoms with Crippen molar-refractivity contribution in [1.82, 2.24) is 24.0 Å². The van der Waals surface area contributed by atoms with Gasteiger partial charge in [0.05, 0.1) is 18.3 Å². The summed E-state index contributed by atoms with van der Waals surface area (Å²) < 4.78 is 16.2. The molecule has 2 saturated carbocycles. The first kappa shape index (κ1) is 23.5. The number of rotatable bonds is 6. The first-order valence-electron chi connectivity index (χ1n) is 14.6. The van der Waals surface area contributed by atoms with E-state index in [1.807, 2.05) is 24.4 Å². The van der Waals surface area contributed by atoms with Crippen LogP contribution in [0.1, 0.15) is 43.0 Å². The number of pyridine rings is 1. The number of aryl methyl sites for hydroxylation is 1. The number of aromatic nitrogens is 4. The van der Waals surface area contributed by atoms with Crippen LogP contribution >= 0.6 is 0 Å². The molecule has 2 aliphatic heterocycles. The minimum atomic E-state index is 0.125. The number of carbonyl (C=O) groups is 1. The third kappa shape index (κ3) is 3.43. The molecule has 3 aromatic heterocycles. The summed E-state index contributed by atoms with van der Waals surface area (Å²) in [6.45, 7) is 6.25. The summed E-state index contributed by atoms with van der Waals surface area (Å²) in [5.74, 6) is 4.55. The average Bonchev–Trinajstić information content (AvgIpc) is 3.51. The topological polar surface area (TPSA) is 74.4 Å². The summed E-state index contributed by atoms with van der Waals surface area (Å²) in [5.41, 5.74) is 4.46. The number of hydrogen-bond acceptors (Lipinski definition) is 5. The van der Waals surface area contributed by atoms with Gasteiger partial charge >= 0.3 is 0 Å². The smallest absolute Gasteiger partial charge is 0.254 e. The second-order valence-electron chi connectivity index (χ2n) is 11.9. The Hall–Kier alpha value is -3.39. The van der Waals surface area contributed by atoms with Crippen molar-refractivity contribution in [2.24, 2.45) is 23.7 Å². The molecular weight excluding hydrogens is 490 g/mol. The molecule has 0 N–H and O–H groups in total. The van der Waals surface area contributed by atoms with Crippen LogP contribution in [0, 0.1) is 23.7 Å². The van der Waals surface area contributed by atoms with Crippen molar-refractivity contribution in [2.45, 2.75) is 51.7 Å². The summed E-state index contributed by atoms with van der Waals surface area (Å²) in [6, 6.07) is 10.7. The van der Waals surface area contributed by atoms with E-state index >= 15 is 0 Å². The van der Waals surface area contributed by atoms with E-state index in [0.717, 1.165) is 91.1 Å². The Morgan fingerprint density at radius 3 is 2.77 bits per heavy atom. The Bertz CT molecular complexity index is 1600. The van der Waals surface area contributed by atoms with Crippen LogP contribution in [0.25, 0.3) is 33.6 Å². The van der Waals surface area contributed by atoms with Crippen molar-refractivity contribution >= 4 is 28.0 Å². The molecule has 1 amide bonds. The van der Waals surface area contributed by atoms with E-state index in [9.17, 15) is 4.79 Å². The maximum Gasteiger partial charge on any atom is 0.254 e. The van der Waals surface area contributed by atoms with Gasteiger partial charge in [-0.15, -0.1) is 0 Å². The van der Waals surface area contributed by atoms with Gasteiger partial charge in [0.25, 0.3) is 5.91 Å². The van der Waals surface area contributed by atoms with Gasteiger partial charge < -0.3 is 23.5 Å². The Morgan fingerprint density at radius 1 is 1.13 bits per heavy atom. The van der Waals surface area contributed by atoms with Crippen molar-refractivity contribution < 1.29 is 14.3 Å². The Morgan fingerprint density at radius 2 is 2.00 bits per heavy atom. The van der Waals surface area contributed by atoms with Gasteiger partial charge in [-0.2, -0.15) is 0 Å². The molecule has 8 rings (SSSR count). The van der Waals surface area contributed by atoms with Crippen molar-refractivity contribution in [3.05, 3.63) is 42.1 Å². The number of ether oxygens (including phenoxy) is 2. The average molecular weight is 526 g/mol. The SMILES string of the molecule is CCn1c(-c2nc3cc(C(=O)N4C[C@H]5CC6C[C@@H]4[C@H]65)cc(OC)c3n2CC2CCOCC2)cc2cccnc21. The van der Waals surface area contributed by atoms with Crippen LogP contribution in [0.5, 0.6) is 5.75 Å². The van der Waals surface area contributed by atoms with E-state index in [4.69, 9.17) is 14.5 Å². The fraction of sp³-hybridized carbons (Fsp3) is 0.516. The van der Waals surface area contributed by atoms with E-state index in [1.54, 1.807) is 7.11 Å². The normalized spacial score (nSPS) is 26.1. The van der Waals surface area contributed by atoms with E-state index < -0.39 is 0 Å². The summed E-state index contributed by atoms with van der Waals surface area (Å²) in [6.07, 6.45) is 6.37. The molecule has 8 heteroatoms. The molecule has 0 spiro atoms. The third-order valence-corrected chi connectivity index (χ3v) is 10.0. The number of likely N-dealkylation sites (tertiary alicyclic amines) is 1. The van der Waals surface area contributed by atoms with E-state index in [1.165, 1.54) is 12.8 Å². The summed E-state index contributed by atoms with van der Waals surface area (Å²) >= 11 is 0. The lowest BCUT2D eigenvalue weighted by molar-refractivity contribution is -0.0204. The zero-order valence-corrected chi connectivity index (χ0v) is 22.7. The predicted molar refractivity (Wildman–Crippen MR) is 149 cm³/mol. The number of carbonyl (C=O) groups excluding carboxylic acids is 1. The predicted octanol–water partition coefficient (Wildman–Crippen LogP) is 4.99. The molecule has 202 valence electrons.